The fourth-order valence-corrected chi connectivity index (χ4v) is 5.24. The second-order valence-electron chi connectivity index (χ2n) is 8.25. The van der Waals surface area contributed by atoms with E-state index in [1.165, 1.54) is 37.8 Å². The molecular formula is C24H27N5S. The van der Waals surface area contributed by atoms with Gasteiger partial charge in [-0.25, -0.2) is 0 Å². The summed E-state index contributed by atoms with van der Waals surface area (Å²) >= 11 is 5.82. The zero-order valence-electron chi connectivity index (χ0n) is 17.0. The predicted molar refractivity (Wildman–Crippen MR) is 122 cm³/mol. The summed E-state index contributed by atoms with van der Waals surface area (Å²) < 4.78 is 2.51. The molecular weight excluding hydrogens is 390 g/mol. The van der Waals surface area contributed by atoms with Crippen molar-refractivity contribution in [1.82, 2.24) is 24.8 Å². The molecule has 5 nitrogen and oxygen atoms in total. The standard InChI is InChI=1S/C24H27N5S/c30-24-27-22(20-11-4-5-14-26-20)23(29(24)17-18-8-6-13-25-16-18)21-12-7-15-28(21)19-9-2-1-3-10-19/h4-8,11-16,19,22-23H,1-3,9-10,17H2,(H,27,30). The van der Waals surface area contributed by atoms with Crippen LogP contribution in [0.1, 0.15) is 67.2 Å². The second kappa shape index (κ2) is 8.56. The number of hydrogen-bond acceptors (Lipinski definition) is 3. The Bertz CT molecular complexity index is 981. The van der Waals surface area contributed by atoms with Crippen LogP contribution in [0, 0.1) is 0 Å². The smallest absolute Gasteiger partial charge is 0.170 e. The van der Waals surface area contributed by atoms with Crippen molar-refractivity contribution < 1.29 is 0 Å². The first kappa shape index (κ1) is 19.2. The number of nitrogens with zero attached hydrogens (tertiary/aromatic N) is 4. The molecule has 0 amide bonds. The van der Waals surface area contributed by atoms with E-state index >= 15 is 0 Å². The molecule has 0 bridgehead atoms. The van der Waals surface area contributed by atoms with Gasteiger partial charge in [-0.15, -0.1) is 0 Å². The first-order valence-corrected chi connectivity index (χ1v) is 11.3. The van der Waals surface area contributed by atoms with Gasteiger partial charge < -0.3 is 14.8 Å². The molecule has 0 radical (unpaired) electrons. The fraction of sp³-hybridized carbons (Fsp3) is 0.375. The topological polar surface area (TPSA) is 46.0 Å². The summed E-state index contributed by atoms with van der Waals surface area (Å²) in [6, 6.07) is 15.3. The molecule has 0 spiro atoms. The Morgan fingerprint density at radius 1 is 1.00 bits per heavy atom. The highest BCUT2D eigenvalue weighted by Crippen LogP contribution is 2.41. The van der Waals surface area contributed by atoms with E-state index in [4.69, 9.17) is 12.2 Å². The molecule has 30 heavy (non-hydrogen) atoms. The van der Waals surface area contributed by atoms with Crippen LogP contribution in [0.3, 0.4) is 0 Å². The number of nitrogens with one attached hydrogen (secondary N) is 1. The maximum atomic E-state index is 5.82. The molecule has 1 N–H and O–H groups in total. The number of hydrogen-bond donors (Lipinski definition) is 1. The second-order valence-corrected chi connectivity index (χ2v) is 8.63. The van der Waals surface area contributed by atoms with Crippen molar-refractivity contribution in [2.45, 2.75) is 56.8 Å². The first-order chi connectivity index (χ1) is 14.8. The van der Waals surface area contributed by atoms with Crippen LogP contribution in [0.2, 0.25) is 0 Å². The van der Waals surface area contributed by atoms with Gasteiger partial charge in [0.2, 0.25) is 0 Å². The third-order valence-corrected chi connectivity index (χ3v) is 6.71. The van der Waals surface area contributed by atoms with Crippen LogP contribution < -0.4 is 5.32 Å². The van der Waals surface area contributed by atoms with Gasteiger partial charge in [-0.1, -0.05) is 31.4 Å². The summed E-state index contributed by atoms with van der Waals surface area (Å²) in [6.07, 6.45) is 14.3. The SMILES string of the molecule is S=C1NC(c2ccccn2)C(c2cccn2C2CCCCC2)N1Cc1cccnc1. The molecule has 2 unspecified atom stereocenters. The van der Waals surface area contributed by atoms with Crippen LogP contribution in [-0.4, -0.2) is 24.5 Å². The van der Waals surface area contributed by atoms with Crippen molar-refractivity contribution >= 4 is 17.3 Å². The number of thiocarbonyl (C=S) groups is 1. The van der Waals surface area contributed by atoms with E-state index in [0.717, 1.165) is 22.9 Å². The molecule has 1 saturated carbocycles. The molecule has 2 aliphatic rings. The van der Waals surface area contributed by atoms with Gasteiger partial charge in [0.1, 0.15) is 0 Å². The molecule has 6 heteroatoms. The minimum atomic E-state index is 0.0209. The highest BCUT2D eigenvalue weighted by Gasteiger charge is 2.41. The van der Waals surface area contributed by atoms with E-state index in [1.807, 2.05) is 36.8 Å². The molecule has 2 fully saturated rings. The van der Waals surface area contributed by atoms with E-state index in [1.54, 1.807) is 0 Å². The summed E-state index contributed by atoms with van der Waals surface area (Å²) in [5.74, 6) is 0. The highest BCUT2D eigenvalue weighted by atomic mass is 32.1. The molecule has 154 valence electrons. The Kier molecular flexibility index (Phi) is 5.49. The average Bonchev–Trinajstić information content (AvgIpc) is 3.40. The molecule has 3 aromatic rings. The van der Waals surface area contributed by atoms with E-state index in [9.17, 15) is 0 Å². The molecule has 1 saturated heterocycles. The van der Waals surface area contributed by atoms with Crippen molar-refractivity contribution in [2.24, 2.45) is 0 Å². The zero-order valence-corrected chi connectivity index (χ0v) is 17.8. The third kappa shape index (κ3) is 3.72. The van der Waals surface area contributed by atoms with Crippen LogP contribution in [0.5, 0.6) is 0 Å². The minimum absolute atomic E-state index is 0.0209. The summed E-state index contributed by atoms with van der Waals surface area (Å²) in [5, 5.41) is 4.34. The van der Waals surface area contributed by atoms with Crippen LogP contribution in [0.4, 0.5) is 0 Å². The average molecular weight is 418 g/mol. The van der Waals surface area contributed by atoms with Crippen molar-refractivity contribution in [1.29, 1.82) is 0 Å². The van der Waals surface area contributed by atoms with Gasteiger partial charge in [0.15, 0.2) is 5.11 Å². The zero-order chi connectivity index (χ0) is 20.3. The largest absolute Gasteiger partial charge is 0.352 e. The number of aromatic nitrogens is 3. The van der Waals surface area contributed by atoms with Crippen molar-refractivity contribution in [3.63, 3.8) is 0 Å². The van der Waals surface area contributed by atoms with Crippen molar-refractivity contribution in [3.05, 3.63) is 84.2 Å². The van der Waals surface area contributed by atoms with Crippen LogP contribution in [0.25, 0.3) is 0 Å². The lowest BCUT2D eigenvalue weighted by molar-refractivity contribution is 0.275. The van der Waals surface area contributed by atoms with Crippen molar-refractivity contribution in [2.75, 3.05) is 0 Å². The fourth-order valence-electron chi connectivity index (χ4n) is 4.94. The van der Waals surface area contributed by atoms with Gasteiger partial charge in [0, 0.05) is 43.1 Å². The van der Waals surface area contributed by atoms with E-state index in [-0.39, 0.29) is 12.1 Å². The number of rotatable bonds is 5. The monoisotopic (exact) mass is 417 g/mol. The van der Waals surface area contributed by atoms with Gasteiger partial charge in [0.25, 0.3) is 0 Å². The normalized spacial score (nSPS) is 22.3. The molecule has 4 heterocycles. The Labute approximate surface area is 183 Å². The molecule has 0 aromatic carbocycles. The first-order valence-electron chi connectivity index (χ1n) is 10.8. The lowest BCUT2D eigenvalue weighted by Gasteiger charge is -2.32. The van der Waals surface area contributed by atoms with Gasteiger partial charge in [0.05, 0.1) is 17.8 Å². The Morgan fingerprint density at radius 3 is 2.67 bits per heavy atom. The minimum Gasteiger partial charge on any atom is -0.352 e. The summed E-state index contributed by atoms with van der Waals surface area (Å²) in [4.78, 5) is 11.3. The highest BCUT2D eigenvalue weighted by molar-refractivity contribution is 7.80. The number of pyridine rings is 2. The summed E-state index contributed by atoms with van der Waals surface area (Å²) in [6.45, 7) is 0.726. The van der Waals surface area contributed by atoms with E-state index in [2.05, 4.69) is 55.2 Å². The van der Waals surface area contributed by atoms with Gasteiger partial charge >= 0.3 is 0 Å². The lowest BCUT2D eigenvalue weighted by atomic mass is 9.94. The maximum absolute atomic E-state index is 5.82. The Morgan fingerprint density at radius 2 is 1.90 bits per heavy atom. The van der Waals surface area contributed by atoms with Gasteiger partial charge in [-0.3, -0.25) is 9.97 Å². The lowest BCUT2D eigenvalue weighted by Crippen LogP contribution is -2.30. The van der Waals surface area contributed by atoms with Gasteiger partial charge in [-0.2, -0.15) is 0 Å². The molecule has 3 aromatic heterocycles. The summed E-state index contributed by atoms with van der Waals surface area (Å²) in [5.41, 5.74) is 3.49. The maximum Gasteiger partial charge on any atom is 0.170 e. The van der Waals surface area contributed by atoms with Crippen LogP contribution in [0.15, 0.2) is 67.3 Å². The third-order valence-electron chi connectivity index (χ3n) is 6.36. The predicted octanol–water partition coefficient (Wildman–Crippen LogP) is 4.96. The molecule has 1 aliphatic carbocycles. The Balaban J connectivity index is 1.54. The summed E-state index contributed by atoms with van der Waals surface area (Å²) in [7, 11) is 0. The molecule has 2 atom stereocenters. The van der Waals surface area contributed by atoms with Crippen molar-refractivity contribution in [3.8, 4) is 0 Å². The van der Waals surface area contributed by atoms with Crippen LogP contribution >= 0.6 is 12.2 Å². The molecule has 1 aliphatic heterocycles. The quantitative estimate of drug-likeness (QED) is 0.595. The van der Waals surface area contributed by atoms with E-state index in [0.29, 0.717) is 6.04 Å². The van der Waals surface area contributed by atoms with Gasteiger partial charge in [-0.05, 0) is 61.0 Å². The molecule has 5 rings (SSSR count). The Hall–Kier alpha value is -2.73. The van der Waals surface area contributed by atoms with E-state index < -0.39 is 0 Å². The van der Waals surface area contributed by atoms with Crippen LogP contribution in [-0.2, 0) is 6.54 Å².